The molecule has 0 aliphatic carbocycles. The van der Waals surface area contributed by atoms with Gasteiger partial charge in [0.1, 0.15) is 0 Å². The van der Waals surface area contributed by atoms with Crippen molar-refractivity contribution in [2.75, 3.05) is 0 Å². The summed E-state index contributed by atoms with van der Waals surface area (Å²) in [6, 6.07) is 13.4. The Morgan fingerprint density at radius 2 is 1.20 bits per heavy atom. The molecule has 0 radical (unpaired) electrons. The van der Waals surface area contributed by atoms with Crippen molar-refractivity contribution in [1.29, 1.82) is 0 Å². The fraction of sp³-hybridized carbons (Fsp3) is 0. The molecule has 15 heavy (non-hydrogen) atoms. The van der Waals surface area contributed by atoms with Gasteiger partial charge in [-0.25, -0.2) is 0 Å². The Labute approximate surface area is 112 Å². The standard InChI is InChI=1S/C12H8Br2Ge/c13-7-1-3-11-9(5-7)10-6-8(14)2-4-12(10)15-11/h1-6H,15H2. The Balaban J connectivity index is 2.28. The summed E-state index contributed by atoms with van der Waals surface area (Å²) in [4.78, 5) is 0. The van der Waals surface area contributed by atoms with Crippen molar-refractivity contribution in [2.24, 2.45) is 0 Å². The minimum atomic E-state index is -0.687. The molecule has 0 saturated heterocycles. The number of fused-ring (bicyclic) bond motifs is 3. The molecule has 1 aliphatic heterocycles. The predicted octanol–water partition coefficient (Wildman–Crippen LogP) is 2.31. The molecule has 3 rings (SSSR count). The van der Waals surface area contributed by atoms with Gasteiger partial charge < -0.3 is 0 Å². The molecule has 0 nitrogen and oxygen atoms in total. The molecular formula is C12H8Br2Ge. The molecule has 1 aliphatic rings. The molecule has 0 saturated carbocycles. The Kier molecular flexibility index (Phi) is 2.53. The van der Waals surface area contributed by atoms with Gasteiger partial charge in [0.05, 0.1) is 0 Å². The van der Waals surface area contributed by atoms with Crippen molar-refractivity contribution in [1.82, 2.24) is 0 Å². The van der Waals surface area contributed by atoms with Crippen LogP contribution in [-0.4, -0.2) is 15.4 Å². The van der Waals surface area contributed by atoms with Gasteiger partial charge in [-0.3, -0.25) is 0 Å². The second kappa shape index (κ2) is 3.75. The van der Waals surface area contributed by atoms with Gasteiger partial charge in [-0.15, -0.1) is 0 Å². The summed E-state index contributed by atoms with van der Waals surface area (Å²) in [5.74, 6) is 0. The third-order valence-corrected chi connectivity index (χ3v) is 7.99. The van der Waals surface area contributed by atoms with E-state index in [1.54, 1.807) is 8.79 Å². The summed E-state index contributed by atoms with van der Waals surface area (Å²) >= 11 is 6.40. The van der Waals surface area contributed by atoms with Gasteiger partial charge in [-0.05, 0) is 0 Å². The molecule has 0 aromatic heterocycles. The zero-order valence-electron chi connectivity index (χ0n) is 7.93. The Hall–Kier alpha value is -0.0571. The Bertz CT molecular complexity index is 500. The van der Waals surface area contributed by atoms with Crippen molar-refractivity contribution in [3.8, 4) is 11.1 Å². The molecule has 0 fully saturated rings. The van der Waals surface area contributed by atoms with Crippen LogP contribution < -0.4 is 8.79 Å². The van der Waals surface area contributed by atoms with Gasteiger partial charge >= 0.3 is 113 Å². The number of rotatable bonds is 0. The molecule has 0 amide bonds. The van der Waals surface area contributed by atoms with E-state index < -0.39 is 15.4 Å². The number of benzene rings is 2. The average Bonchev–Trinajstić information content (AvgIpc) is 2.56. The summed E-state index contributed by atoms with van der Waals surface area (Å²) in [5.41, 5.74) is 2.89. The van der Waals surface area contributed by atoms with E-state index in [4.69, 9.17) is 0 Å². The van der Waals surface area contributed by atoms with Crippen molar-refractivity contribution in [3.63, 3.8) is 0 Å². The SMILES string of the molecule is Brc1cc[c]2c(c1)-c1cc(Br)cc[c]1[GeH2]2. The van der Waals surface area contributed by atoms with Crippen molar-refractivity contribution in [2.45, 2.75) is 0 Å². The van der Waals surface area contributed by atoms with Crippen LogP contribution in [0.1, 0.15) is 0 Å². The Morgan fingerprint density at radius 3 is 1.67 bits per heavy atom. The first-order valence-electron chi connectivity index (χ1n) is 4.81. The molecule has 74 valence electrons. The zero-order chi connectivity index (χ0) is 10.4. The van der Waals surface area contributed by atoms with Crippen LogP contribution >= 0.6 is 31.9 Å². The van der Waals surface area contributed by atoms with E-state index in [1.165, 1.54) is 20.1 Å². The molecular weight excluding hydrogens is 377 g/mol. The van der Waals surface area contributed by atoms with Crippen LogP contribution in [0.3, 0.4) is 0 Å². The van der Waals surface area contributed by atoms with Crippen molar-refractivity contribution in [3.05, 3.63) is 45.3 Å². The van der Waals surface area contributed by atoms with Gasteiger partial charge in [-0.1, -0.05) is 0 Å². The van der Waals surface area contributed by atoms with Crippen molar-refractivity contribution < 1.29 is 0 Å². The van der Waals surface area contributed by atoms with E-state index in [1.807, 2.05) is 0 Å². The van der Waals surface area contributed by atoms with Crippen LogP contribution in [0, 0.1) is 0 Å². The van der Waals surface area contributed by atoms with Gasteiger partial charge in [0, 0.05) is 0 Å². The van der Waals surface area contributed by atoms with Crippen LogP contribution in [0.25, 0.3) is 11.1 Å². The van der Waals surface area contributed by atoms with Crippen LogP contribution in [0.5, 0.6) is 0 Å². The van der Waals surface area contributed by atoms with Gasteiger partial charge in [-0.2, -0.15) is 0 Å². The van der Waals surface area contributed by atoms with E-state index in [2.05, 4.69) is 68.3 Å². The first kappa shape index (κ1) is 10.1. The third kappa shape index (κ3) is 1.73. The molecule has 2 aromatic rings. The second-order valence-electron chi connectivity index (χ2n) is 3.78. The van der Waals surface area contributed by atoms with E-state index in [-0.39, 0.29) is 0 Å². The summed E-state index contributed by atoms with van der Waals surface area (Å²) in [6.45, 7) is 0. The molecule has 0 N–H and O–H groups in total. The van der Waals surface area contributed by atoms with Gasteiger partial charge in [0.2, 0.25) is 0 Å². The topological polar surface area (TPSA) is 0 Å². The maximum absolute atomic E-state index is 3.54. The third-order valence-electron chi connectivity index (χ3n) is 2.81. The van der Waals surface area contributed by atoms with Gasteiger partial charge in [0.15, 0.2) is 0 Å². The van der Waals surface area contributed by atoms with Gasteiger partial charge in [0.25, 0.3) is 0 Å². The number of hydrogen-bond acceptors (Lipinski definition) is 0. The molecule has 0 unspecified atom stereocenters. The van der Waals surface area contributed by atoms with Crippen LogP contribution in [0.4, 0.5) is 0 Å². The van der Waals surface area contributed by atoms with Crippen molar-refractivity contribution >= 4 is 56.1 Å². The molecule has 0 bridgehead atoms. The molecule has 1 heterocycles. The van der Waals surface area contributed by atoms with E-state index >= 15 is 0 Å². The molecule has 0 spiro atoms. The second-order valence-corrected chi connectivity index (χ2v) is 9.55. The molecule has 0 atom stereocenters. The fourth-order valence-electron chi connectivity index (χ4n) is 2.11. The summed E-state index contributed by atoms with van der Waals surface area (Å²) in [7, 11) is 0. The maximum atomic E-state index is 3.54. The van der Waals surface area contributed by atoms with Crippen LogP contribution in [0.15, 0.2) is 45.3 Å². The summed E-state index contributed by atoms with van der Waals surface area (Å²) < 4.78 is 5.57. The summed E-state index contributed by atoms with van der Waals surface area (Å²) in [6.07, 6.45) is 0. The normalized spacial score (nSPS) is 12.4. The first-order chi connectivity index (χ1) is 7.24. The molecule has 2 aromatic carbocycles. The number of hydrogen-bond donors (Lipinski definition) is 0. The number of halogens is 2. The zero-order valence-corrected chi connectivity index (χ0v) is 14.1. The van der Waals surface area contributed by atoms with E-state index in [0.717, 1.165) is 0 Å². The summed E-state index contributed by atoms with van der Waals surface area (Å²) in [5, 5.41) is 0. The van der Waals surface area contributed by atoms with Crippen LogP contribution in [0.2, 0.25) is 0 Å². The first-order valence-corrected chi connectivity index (χ1v) is 9.36. The molecule has 3 heteroatoms. The van der Waals surface area contributed by atoms with Crippen LogP contribution in [-0.2, 0) is 0 Å². The average molecular weight is 385 g/mol. The predicted molar refractivity (Wildman–Crippen MR) is 75.1 cm³/mol. The quantitative estimate of drug-likeness (QED) is 0.522. The minimum absolute atomic E-state index is 0.687. The fourth-order valence-corrected chi connectivity index (χ4v) is 6.71. The van der Waals surface area contributed by atoms with E-state index in [0.29, 0.717) is 0 Å². The van der Waals surface area contributed by atoms with E-state index in [9.17, 15) is 0 Å². The monoisotopic (exact) mass is 384 g/mol. The Morgan fingerprint density at radius 1 is 0.733 bits per heavy atom.